The number of benzene rings is 2. The molecule has 2 N–H and O–H groups in total. The van der Waals surface area contributed by atoms with Gasteiger partial charge in [0, 0.05) is 26.3 Å². The van der Waals surface area contributed by atoms with Crippen LogP contribution < -0.4 is 19.8 Å². The normalized spacial score (nSPS) is 17.8. The summed E-state index contributed by atoms with van der Waals surface area (Å²) in [6.45, 7) is 0.438. The Morgan fingerprint density at radius 1 is 1.06 bits per heavy atom. The number of anilines is 4. The molecule has 1 atom stereocenters. The zero-order valence-corrected chi connectivity index (χ0v) is 20.4. The number of carbonyl (C=O) groups excluding carboxylic acids is 1. The Hall–Kier alpha value is -3.64. The molecule has 2 aliphatic rings. The first-order chi connectivity index (χ1) is 17.2. The number of hydrogen-bond donors (Lipinski definition) is 2. The van der Waals surface area contributed by atoms with E-state index in [1.165, 1.54) is 48.3 Å². The molecule has 1 unspecified atom stereocenters. The predicted octanol–water partition coefficient (Wildman–Crippen LogP) is 3.34. The summed E-state index contributed by atoms with van der Waals surface area (Å²) < 4.78 is 56.5. The maximum Gasteiger partial charge on any atom is 0.254 e. The summed E-state index contributed by atoms with van der Waals surface area (Å²) in [5, 5.41) is 3.00. The molecule has 0 bridgehead atoms. The van der Waals surface area contributed by atoms with Crippen LogP contribution in [0.15, 0.2) is 53.6 Å². The molecular formula is C24H24F2N6O3S. The van der Waals surface area contributed by atoms with Gasteiger partial charge in [0.1, 0.15) is 23.4 Å². The lowest BCUT2D eigenvalue weighted by Gasteiger charge is -2.38. The Bertz CT molecular complexity index is 1410. The second-order valence-electron chi connectivity index (χ2n) is 8.89. The van der Waals surface area contributed by atoms with E-state index in [0.717, 1.165) is 25.0 Å². The number of amides is 1. The third-order valence-electron chi connectivity index (χ3n) is 6.35. The molecule has 12 heteroatoms. The molecule has 2 heterocycles. The number of nitrogens with one attached hydrogen (secondary N) is 2. The van der Waals surface area contributed by atoms with Crippen LogP contribution in [0, 0.1) is 17.6 Å². The van der Waals surface area contributed by atoms with Crippen LogP contribution >= 0.6 is 0 Å². The lowest BCUT2D eigenvalue weighted by molar-refractivity contribution is -0.120. The third kappa shape index (κ3) is 4.49. The lowest BCUT2D eigenvalue weighted by atomic mass is 10.0. The minimum absolute atomic E-state index is 0.148. The van der Waals surface area contributed by atoms with Crippen LogP contribution in [0.2, 0.25) is 0 Å². The van der Waals surface area contributed by atoms with Gasteiger partial charge in [-0.2, -0.15) is 4.98 Å². The molecule has 1 aromatic heterocycles. The van der Waals surface area contributed by atoms with Crippen molar-refractivity contribution in [1.29, 1.82) is 0 Å². The fourth-order valence-electron chi connectivity index (χ4n) is 4.08. The second kappa shape index (κ2) is 9.10. The summed E-state index contributed by atoms with van der Waals surface area (Å²) >= 11 is 0. The molecule has 1 amide bonds. The Morgan fingerprint density at radius 3 is 2.36 bits per heavy atom. The Labute approximate surface area is 207 Å². The molecule has 36 heavy (non-hydrogen) atoms. The summed E-state index contributed by atoms with van der Waals surface area (Å²) in [4.78, 5) is 24.5. The van der Waals surface area contributed by atoms with Gasteiger partial charge in [0.15, 0.2) is 5.82 Å². The molecular weight excluding hydrogens is 490 g/mol. The van der Waals surface area contributed by atoms with E-state index in [-0.39, 0.29) is 16.4 Å². The van der Waals surface area contributed by atoms with Gasteiger partial charge in [-0.05, 0) is 55.2 Å². The highest BCUT2D eigenvalue weighted by molar-refractivity contribution is 7.89. The van der Waals surface area contributed by atoms with Crippen LogP contribution in [0.25, 0.3) is 0 Å². The quantitative estimate of drug-likeness (QED) is 0.498. The van der Waals surface area contributed by atoms with E-state index in [1.807, 2.05) is 0 Å². The van der Waals surface area contributed by atoms with Crippen molar-refractivity contribution in [1.82, 2.24) is 14.7 Å². The number of carbonyl (C=O) groups is 1. The lowest BCUT2D eigenvalue weighted by Crippen LogP contribution is -2.46. The first-order valence-electron chi connectivity index (χ1n) is 11.3. The van der Waals surface area contributed by atoms with Crippen molar-refractivity contribution >= 4 is 39.1 Å². The predicted molar refractivity (Wildman–Crippen MR) is 131 cm³/mol. The monoisotopic (exact) mass is 514 g/mol. The van der Waals surface area contributed by atoms with E-state index in [9.17, 15) is 22.0 Å². The van der Waals surface area contributed by atoms with Gasteiger partial charge in [-0.25, -0.2) is 26.9 Å². The standard InChI is InChI=1S/C24H24F2N6O3S/c1-31-19-13-27-24(29-15-8-10-16(11-9-15)36(34,35)28-12-14-6-7-14)30-22(19)32(2)21(23(31)33)20-17(25)4-3-5-18(20)26/h3-5,8-11,13-14,21,28H,6-7,12H2,1-2H3,(H,27,29,30). The molecule has 1 saturated carbocycles. The highest BCUT2D eigenvalue weighted by atomic mass is 32.2. The highest BCUT2D eigenvalue weighted by Gasteiger charge is 2.40. The fourth-order valence-corrected chi connectivity index (χ4v) is 5.20. The van der Waals surface area contributed by atoms with Crippen molar-refractivity contribution < 1.29 is 22.0 Å². The number of aromatic nitrogens is 2. The average molecular weight is 515 g/mol. The minimum atomic E-state index is -3.59. The van der Waals surface area contributed by atoms with Crippen LogP contribution in [0.5, 0.6) is 0 Å². The van der Waals surface area contributed by atoms with Crippen molar-refractivity contribution in [3.8, 4) is 0 Å². The van der Waals surface area contributed by atoms with Crippen molar-refractivity contribution in [2.24, 2.45) is 5.92 Å². The third-order valence-corrected chi connectivity index (χ3v) is 7.79. The van der Waals surface area contributed by atoms with Gasteiger partial charge in [0.25, 0.3) is 5.91 Å². The molecule has 2 aromatic carbocycles. The van der Waals surface area contributed by atoms with Crippen LogP contribution in [0.3, 0.4) is 0 Å². The topological polar surface area (TPSA) is 108 Å². The molecule has 1 aliphatic carbocycles. The van der Waals surface area contributed by atoms with E-state index < -0.39 is 33.6 Å². The van der Waals surface area contributed by atoms with Crippen LogP contribution in [0.4, 0.5) is 31.9 Å². The minimum Gasteiger partial charge on any atom is -0.342 e. The van der Waals surface area contributed by atoms with Gasteiger partial charge in [-0.3, -0.25) is 4.79 Å². The van der Waals surface area contributed by atoms with Gasteiger partial charge < -0.3 is 15.1 Å². The average Bonchev–Trinajstić information content (AvgIpc) is 3.68. The molecule has 3 aromatic rings. The SMILES string of the molecule is CN1C(=O)C(c2c(F)cccc2F)N(C)c2nc(Nc3ccc(S(=O)(=O)NCC4CC4)cc3)ncc21. The number of likely N-dealkylation sites (N-methyl/N-ethyl adjacent to an activating group) is 2. The largest absolute Gasteiger partial charge is 0.342 e. The van der Waals surface area contributed by atoms with E-state index in [0.29, 0.717) is 29.7 Å². The maximum atomic E-state index is 14.5. The Balaban J connectivity index is 1.39. The van der Waals surface area contributed by atoms with Gasteiger partial charge in [-0.15, -0.1) is 0 Å². The zero-order valence-electron chi connectivity index (χ0n) is 19.6. The highest BCUT2D eigenvalue weighted by Crippen LogP contribution is 2.40. The van der Waals surface area contributed by atoms with Crippen molar-refractivity contribution in [3.63, 3.8) is 0 Å². The molecule has 0 saturated heterocycles. The molecule has 1 aliphatic heterocycles. The molecule has 1 fully saturated rings. The van der Waals surface area contributed by atoms with Crippen LogP contribution in [-0.2, 0) is 14.8 Å². The zero-order chi connectivity index (χ0) is 25.6. The summed E-state index contributed by atoms with van der Waals surface area (Å²) in [7, 11) is -0.564. The number of nitrogens with zero attached hydrogens (tertiary/aromatic N) is 4. The van der Waals surface area contributed by atoms with Crippen molar-refractivity contribution in [2.75, 3.05) is 35.8 Å². The van der Waals surface area contributed by atoms with E-state index in [1.54, 1.807) is 12.1 Å². The smallest absolute Gasteiger partial charge is 0.254 e. The molecule has 0 spiro atoms. The van der Waals surface area contributed by atoms with Gasteiger partial charge in [0.2, 0.25) is 16.0 Å². The van der Waals surface area contributed by atoms with Gasteiger partial charge >= 0.3 is 0 Å². The number of fused-ring (bicyclic) bond motifs is 1. The first kappa shape index (κ1) is 24.1. The van der Waals surface area contributed by atoms with Gasteiger partial charge in [-0.1, -0.05) is 6.07 Å². The Morgan fingerprint density at radius 2 is 1.72 bits per heavy atom. The first-order valence-corrected chi connectivity index (χ1v) is 12.8. The maximum absolute atomic E-state index is 14.5. The summed E-state index contributed by atoms with van der Waals surface area (Å²) in [5.74, 6) is -1.30. The Kier molecular flexibility index (Phi) is 6.08. The summed E-state index contributed by atoms with van der Waals surface area (Å²) in [5.41, 5.74) is 0.558. The van der Waals surface area contributed by atoms with Crippen molar-refractivity contribution in [3.05, 3.63) is 65.9 Å². The molecule has 0 radical (unpaired) electrons. The van der Waals surface area contributed by atoms with Gasteiger partial charge in [0.05, 0.1) is 16.7 Å². The second-order valence-corrected chi connectivity index (χ2v) is 10.7. The molecule has 9 nitrogen and oxygen atoms in total. The van der Waals surface area contributed by atoms with E-state index in [4.69, 9.17) is 0 Å². The van der Waals surface area contributed by atoms with Crippen molar-refractivity contribution in [2.45, 2.75) is 23.8 Å². The number of halogens is 2. The van der Waals surface area contributed by atoms with Crippen LogP contribution in [-0.4, -0.2) is 44.9 Å². The van der Waals surface area contributed by atoms with E-state index in [2.05, 4.69) is 20.0 Å². The molecule has 188 valence electrons. The molecule has 5 rings (SSSR count). The number of hydrogen-bond acceptors (Lipinski definition) is 7. The summed E-state index contributed by atoms with van der Waals surface area (Å²) in [6, 6.07) is 8.33. The van der Waals surface area contributed by atoms with Crippen LogP contribution in [0.1, 0.15) is 24.4 Å². The number of rotatable bonds is 7. The fraction of sp³-hybridized carbons (Fsp3) is 0.292. The van der Waals surface area contributed by atoms with E-state index >= 15 is 0 Å². The number of sulfonamides is 1. The summed E-state index contributed by atoms with van der Waals surface area (Å²) in [6.07, 6.45) is 3.52.